The highest BCUT2D eigenvalue weighted by atomic mass is 35.5. The van der Waals surface area contributed by atoms with Crippen LogP contribution in [0.2, 0.25) is 5.02 Å². The lowest BCUT2D eigenvalue weighted by atomic mass is 9.89. The molecule has 0 saturated carbocycles. The Morgan fingerprint density at radius 3 is 1.70 bits per heavy atom. The molecule has 17 rings (SSSR count). The van der Waals surface area contributed by atoms with Gasteiger partial charge in [0.15, 0.2) is 47.7 Å². The Kier molecular flexibility index (Phi) is 26.6. The quantitative estimate of drug-likeness (QED) is 0.0556. The summed E-state index contributed by atoms with van der Waals surface area (Å²) in [6.45, 7) is -0.265. The number of nitrogens with two attached hydrogens (primary N) is 2. The molecule has 0 spiro atoms. The average Bonchev–Trinajstić information content (AvgIpc) is 0.753. The molecule has 26 N–H and O–H groups in total. The number of benzene rings is 7. The van der Waals surface area contributed by atoms with Crippen LogP contribution in [0, 0.1) is 6.92 Å². The molecule has 4 fully saturated rings. The van der Waals surface area contributed by atoms with E-state index in [1.807, 2.05) is 0 Å². The van der Waals surface area contributed by atoms with Crippen molar-refractivity contribution in [1.82, 2.24) is 31.9 Å². The van der Waals surface area contributed by atoms with Gasteiger partial charge in [-0.05, 0) is 126 Å². The average molecular weight is 1810 g/mol. The number of carbonyl (C=O) groups excluding carboxylic acids is 7. The van der Waals surface area contributed by atoms with E-state index in [9.17, 15) is 91.3 Å². The molecule has 0 aliphatic carbocycles. The van der Waals surface area contributed by atoms with E-state index in [1.165, 1.54) is 62.4 Å². The second kappa shape index (κ2) is 37.3. The molecule has 7 aromatic rings. The molecule has 10 aliphatic rings. The van der Waals surface area contributed by atoms with Gasteiger partial charge in [-0.2, -0.15) is 0 Å². The number of hydrogen-bond donors (Lipinski definition) is 24. The normalized spacial score (nSPS) is 32.5. The maximum atomic E-state index is 17.0. The van der Waals surface area contributed by atoms with E-state index in [4.69, 9.17) is 79.9 Å². The van der Waals surface area contributed by atoms with Gasteiger partial charge in [-0.25, -0.2) is 4.79 Å². The minimum Gasteiger partial charge on any atom is -0.508 e. The topological polar surface area (TPSA) is 678 Å². The third-order valence-corrected chi connectivity index (χ3v) is 23.6. The van der Waals surface area contributed by atoms with E-state index in [1.54, 1.807) is 0 Å². The van der Waals surface area contributed by atoms with Crippen molar-refractivity contribution in [2.24, 2.45) is 11.5 Å². The molecule has 43 nitrogen and oxygen atoms in total. The highest BCUT2D eigenvalue weighted by molar-refractivity contribution is 6.32. The fourth-order valence-electron chi connectivity index (χ4n) is 16.1. The Bertz CT molecular complexity index is 5390. The second-order valence-electron chi connectivity index (χ2n) is 31.7. The number of hydrogen-bond acceptors (Lipinski definition) is 37. The smallest absolute Gasteiger partial charge is 0.333 e. The number of methoxy groups -OCH3 is 1. The first-order valence-corrected chi connectivity index (χ1v) is 40.5. The number of ether oxygens (including phenoxy) is 12. The van der Waals surface area contributed by atoms with Crippen molar-refractivity contribution < 1.29 is 172 Å². The summed E-state index contributed by atoms with van der Waals surface area (Å²) in [5.41, 5.74) is 10.2. The summed E-state index contributed by atoms with van der Waals surface area (Å²) in [5.74, 6) is -16.1. The first-order chi connectivity index (χ1) is 61.0. The van der Waals surface area contributed by atoms with Crippen LogP contribution in [0.25, 0.3) is 11.1 Å². The lowest BCUT2D eigenvalue weighted by Crippen LogP contribution is -2.65. The monoisotopic (exact) mass is 1810 g/mol. The number of carbonyl (C=O) groups is 7. The fraction of sp³-hybridized carbons (Fsp3) is 0.417. The van der Waals surface area contributed by atoms with Crippen LogP contribution in [0.5, 0.6) is 69.0 Å². The third-order valence-electron chi connectivity index (χ3n) is 23.3. The molecule has 12 unspecified atom stereocenters. The molecule has 7 aromatic carbocycles. The third kappa shape index (κ3) is 18.1. The van der Waals surface area contributed by atoms with Crippen LogP contribution in [0.4, 0.5) is 0 Å². The number of halogens is 1. The van der Waals surface area contributed by atoms with Crippen LogP contribution < -0.4 is 67.1 Å². The van der Waals surface area contributed by atoms with Crippen molar-refractivity contribution in [3.63, 3.8) is 0 Å². The van der Waals surface area contributed by atoms with E-state index < -0.39 is 317 Å². The zero-order valence-electron chi connectivity index (χ0n) is 67.5. The standard InChI is InChI=1S/C84H91ClN8O35/c1-28-45(100)17-34-19-47(28)121-48-18-31(6-12-44(48)99)57(87)76(111)88-42-14-30-4-9-37(10-5-30)119-50-20-35-21-51(73(50)127-84-74(69(107)66(104)54(27-96)125-84)128-83-71(109)68(106)65(103)53(26-95)124-83)120-46-13-8-33(16-40(46)85)72(126-55-24-41(86)63(101)29(2)118-55)62-80(115)92-61(81(116)117-3)39-22-36(97)23-49(122-82-70(108)67(105)64(102)52(25-94)123-82)56(39)38-15-32(7-11-43(38)98)58(77(112)93-62)90-79(114)60(35)91-78(113)59(34)89-75(42)110/h4-13,15-23,29,41-42,52-55,57-72,74,82-84,94-109H,14,24-27,86-87H2,1-3H3,(H,88,111)(H,89,110)(H,90,114)(H,91,113)(H,92,115)(H,93,112)/t29-,41-,42?,52-,53-,54-,55?,57?,58?,59?,60?,61?,62?,63-,64-,65-,66-,67+,68+,69+,70+,71+,72?,74-,82?,83?,84?/m1/s1. The molecule has 0 aromatic heterocycles. The maximum absolute atomic E-state index is 17.0. The van der Waals surface area contributed by atoms with E-state index in [-0.39, 0.29) is 51.5 Å². The second-order valence-corrected chi connectivity index (χ2v) is 32.1. The molecule has 10 aliphatic heterocycles. The van der Waals surface area contributed by atoms with Crippen molar-refractivity contribution in [3.8, 4) is 80.1 Å². The number of aliphatic hydroxyl groups excluding tert-OH is 12. The molecule has 6 amide bonds. The highest BCUT2D eigenvalue weighted by Crippen LogP contribution is 2.51. The van der Waals surface area contributed by atoms with E-state index in [0.29, 0.717) is 0 Å². The Morgan fingerprint density at radius 2 is 1.05 bits per heavy atom. The number of phenolic OH excluding ortho intramolecular Hbond substituents is 4. The molecule has 0 radical (unpaired) electrons. The molecule has 684 valence electrons. The summed E-state index contributed by atoms with van der Waals surface area (Å²) in [6.07, 6.45) is -37.8. The highest BCUT2D eigenvalue weighted by Gasteiger charge is 2.54. The van der Waals surface area contributed by atoms with Crippen molar-refractivity contribution in [1.29, 1.82) is 0 Å². The van der Waals surface area contributed by atoms with Gasteiger partial charge in [0.25, 0.3) is 0 Å². The molecular formula is C84H91ClN8O35. The Balaban J connectivity index is 0.991. The summed E-state index contributed by atoms with van der Waals surface area (Å²) in [6, 6.07) is 5.61. The number of fused-ring (bicyclic) bond motifs is 14. The minimum atomic E-state index is -2.48. The van der Waals surface area contributed by atoms with Crippen molar-refractivity contribution in [3.05, 3.63) is 165 Å². The van der Waals surface area contributed by atoms with Crippen LogP contribution in [0.3, 0.4) is 0 Å². The summed E-state index contributed by atoms with van der Waals surface area (Å²) in [7, 11) is 0.890. The first-order valence-electron chi connectivity index (χ1n) is 40.1. The van der Waals surface area contributed by atoms with Crippen LogP contribution in [0.1, 0.15) is 94.2 Å². The van der Waals surface area contributed by atoms with Gasteiger partial charge in [-0.15, -0.1) is 0 Å². The van der Waals surface area contributed by atoms with Gasteiger partial charge in [-0.1, -0.05) is 41.9 Å². The SMILES string of the molecule is COC(=O)C1NC(=O)C2NC(=O)C(NC(=O)C3NC(=O)C4NC(=O)C(Cc5ccc(cc5)Oc5cc3cc(c5OC3O[C@H](CO)[C@@H](O)[C@H](O)[C@H]3OC3O[C@H](CO)[C@@H](O)[C@H](O)[C@@H]3O)Oc3ccc(cc3Cl)C2OC2C[C@@H](N)[C@H](O)[C@@H](C)O2)NC(=O)C(N)c2ccc(O)c(c2)Oc2cc4cc(O)c2C)c2ccc(O)c(c2)-c2c(OC3O[C@H](CO)[C@@H](O)[C@H](O)[C@@H]3O)cc(O)cc21. The van der Waals surface area contributed by atoms with Gasteiger partial charge in [0.05, 0.1) is 44.2 Å². The van der Waals surface area contributed by atoms with Crippen molar-refractivity contribution in [2.45, 2.75) is 192 Å². The zero-order valence-corrected chi connectivity index (χ0v) is 68.3. The first kappa shape index (κ1) is 91.3. The summed E-state index contributed by atoms with van der Waals surface area (Å²) in [5, 5.41) is 196. The molecule has 10 heterocycles. The Labute approximate surface area is 729 Å². The van der Waals surface area contributed by atoms with Crippen molar-refractivity contribution >= 4 is 53.0 Å². The molecule has 27 atom stereocenters. The lowest BCUT2D eigenvalue weighted by Gasteiger charge is -2.45. The van der Waals surface area contributed by atoms with Gasteiger partial charge in [0.2, 0.25) is 53.8 Å². The largest absolute Gasteiger partial charge is 0.508 e. The Hall–Kier alpha value is -11.5. The van der Waals surface area contributed by atoms with Crippen LogP contribution >= 0.6 is 11.6 Å². The number of amides is 6. The predicted molar refractivity (Wildman–Crippen MR) is 429 cm³/mol. The van der Waals surface area contributed by atoms with Crippen molar-refractivity contribution in [2.75, 3.05) is 26.9 Å². The van der Waals surface area contributed by atoms with Crippen LogP contribution in [0.15, 0.2) is 115 Å². The summed E-state index contributed by atoms with van der Waals surface area (Å²) in [4.78, 5) is 111. The fourth-order valence-corrected chi connectivity index (χ4v) is 16.3. The van der Waals surface area contributed by atoms with E-state index >= 15 is 24.0 Å². The number of aromatic hydroxyl groups is 4. The van der Waals surface area contributed by atoms with Crippen LogP contribution in [-0.2, 0) is 73.1 Å². The number of aliphatic hydroxyl groups is 12. The molecule has 128 heavy (non-hydrogen) atoms. The molecule has 4 saturated heterocycles. The molecule has 44 heteroatoms. The van der Waals surface area contributed by atoms with E-state index in [0.717, 1.165) is 73.8 Å². The van der Waals surface area contributed by atoms with Gasteiger partial charge in [0, 0.05) is 47.2 Å². The van der Waals surface area contributed by atoms with E-state index in [2.05, 4.69) is 31.9 Å². The molecule has 17 bridgehead atoms. The molecular weight excluding hydrogens is 1720 g/mol. The Morgan fingerprint density at radius 1 is 0.492 bits per heavy atom. The number of rotatable bonds is 12. The number of nitrogens with one attached hydrogen (secondary N) is 6. The van der Waals surface area contributed by atoms with Gasteiger partial charge >= 0.3 is 5.97 Å². The number of phenols is 4. The number of esters is 1. The van der Waals surface area contributed by atoms with Gasteiger partial charge in [0.1, 0.15) is 150 Å². The lowest BCUT2D eigenvalue weighted by molar-refractivity contribution is -0.358. The van der Waals surface area contributed by atoms with Gasteiger partial charge < -0.3 is 182 Å². The zero-order chi connectivity index (χ0) is 91.6. The van der Waals surface area contributed by atoms with Crippen LogP contribution in [-0.4, -0.2) is 279 Å². The summed E-state index contributed by atoms with van der Waals surface area (Å²) >= 11 is 7.45. The maximum Gasteiger partial charge on any atom is 0.333 e. The summed E-state index contributed by atoms with van der Waals surface area (Å²) < 4.78 is 74.8. The predicted octanol–water partition coefficient (Wildman–Crippen LogP) is -2.65. The minimum absolute atomic E-state index is 0.0420. The van der Waals surface area contributed by atoms with Gasteiger partial charge in [-0.3, -0.25) is 28.8 Å².